The quantitative estimate of drug-likeness (QED) is 0.713. The molecule has 0 radical (unpaired) electrons. The number of amides is 1. The highest BCUT2D eigenvalue weighted by Gasteiger charge is 2.26. The van der Waals surface area contributed by atoms with E-state index in [1.54, 1.807) is 0 Å². The van der Waals surface area contributed by atoms with Crippen LogP contribution in [0.4, 0.5) is 0 Å². The van der Waals surface area contributed by atoms with Crippen LogP contribution in [0, 0.1) is 23.2 Å². The summed E-state index contributed by atoms with van der Waals surface area (Å²) in [6.07, 6.45) is 3.55. The summed E-state index contributed by atoms with van der Waals surface area (Å²) in [7, 11) is 0. The Balaban J connectivity index is 2.46. The van der Waals surface area contributed by atoms with Crippen LogP contribution in [0.25, 0.3) is 0 Å². The van der Waals surface area contributed by atoms with Crippen molar-refractivity contribution in [1.82, 2.24) is 4.90 Å². The van der Waals surface area contributed by atoms with Crippen molar-refractivity contribution in [1.29, 1.82) is 5.26 Å². The van der Waals surface area contributed by atoms with E-state index in [9.17, 15) is 4.79 Å². The molecule has 0 atom stereocenters. The zero-order valence-corrected chi connectivity index (χ0v) is 9.70. The Kier molecular flexibility index (Phi) is 4.61. The first-order chi connectivity index (χ1) is 7.22. The van der Waals surface area contributed by atoms with Crippen LogP contribution < -0.4 is 0 Å². The molecule has 0 aromatic heterocycles. The number of piperidine rings is 1. The zero-order chi connectivity index (χ0) is 11.3. The molecule has 1 heterocycles. The van der Waals surface area contributed by atoms with Crippen molar-refractivity contribution in [2.75, 3.05) is 13.1 Å². The first-order valence-corrected chi connectivity index (χ1v) is 5.91. The lowest BCUT2D eigenvalue weighted by Gasteiger charge is -2.31. The molecule has 0 N–H and O–H groups in total. The molecule has 1 amide bonds. The average Bonchev–Trinajstić information content (AvgIpc) is 2.30. The number of carbonyl (C=O) groups is 1. The number of hydrogen-bond donors (Lipinski definition) is 0. The second-order valence-electron chi connectivity index (χ2n) is 4.24. The fourth-order valence-corrected chi connectivity index (χ4v) is 2.13. The Hall–Kier alpha value is -1.04. The highest BCUT2D eigenvalue weighted by Crippen LogP contribution is 2.20. The number of likely N-dealkylation sites (tertiary alicyclic amines) is 1. The average molecular weight is 208 g/mol. The van der Waals surface area contributed by atoms with Crippen LogP contribution in [0.5, 0.6) is 0 Å². The maximum absolute atomic E-state index is 12.0. The van der Waals surface area contributed by atoms with E-state index in [1.165, 1.54) is 0 Å². The fraction of sp³-hybridized carbons (Fsp3) is 0.833. The number of hydrogen-bond acceptors (Lipinski definition) is 2. The molecule has 0 unspecified atom stereocenters. The van der Waals surface area contributed by atoms with Crippen molar-refractivity contribution in [3.8, 4) is 6.07 Å². The second kappa shape index (κ2) is 5.75. The minimum atomic E-state index is 0.163. The minimum Gasteiger partial charge on any atom is -0.342 e. The van der Waals surface area contributed by atoms with Crippen LogP contribution in [0.1, 0.15) is 39.5 Å². The van der Waals surface area contributed by atoms with E-state index in [2.05, 4.69) is 19.9 Å². The molecule has 3 nitrogen and oxygen atoms in total. The molecule has 0 aromatic rings. The highest BCUT2D eigenvalue weighted by atomic mass is 16.2. The summed E-state index contributed by atoms with van der Waals surface area (Å²) in [6.45, 7) is 5.67. The number of carbonyl (C=O) groups excluding carboxylic acids is 1. The largest absolute Gasteiger partial charge is 0.342 e. The third-order valence-electron chi connectivity index (χ3n) is 3.32. The molecule has 1 aliphatic rings. The third-order valence-corrected chi connectivity index (χ3v) is 3.32. The standard InChI is InChI=1S/C12H20N2O/c1-3-11(4-2)12(15)14-7-5-10(9-13)6-8-14/h10-11H,3-8H2,1-2H3. The summed E-state index contributed by atoms with van der Waals surface area (Å²) in [5.74, 6) is 0.635. The number of rotatable bonds is 3. The second-order valence-corrected chi connectivity index (χ2v) is 4.24. The van der Waals surface area contributed by atoms with E-state index in [4.69, 9.17) is 5.26 Å². The zero-order valence-electron chi connectivity index (χ0n) is 9.70. The Morgan fingerprint density at radius 1 is 1.40 bits per heavy atom. The van der Waals surface area contributed by atoms with Crippen LogP contribution in [0.15, 0.2) is 0 Å². The third kappa shape index (κ3) is 2.95. The van der Waals surface area contributed by atoms with E-state index in [0.717, 1.165) is 38.8 Å². The SMILES string of the molecule is CCC(CC)C(=O)N1CCC(C#N)CC1. The van der Waals surface area contributed by atoms with E-state index < -0.39 is 0 Å². The lowest BCUT2D eigenvalue weighted by molar-refractivity contribution is -0.136. The molecule has 84 valence electrons. The van der Waals surface area contributed by atoms with Gasteiger partial charge >= 0.3 is 0 Å². The van der Waals surface area contributed by atoms with Gasteiger partial charge in [-0.1, -0.05) is 13.8 Å². The van der Waals surface area contributed by atoms with Gasteiger partial charge in [-0.15, -0.1) is 0 Å². The van der Waals surface area contributed by atoms with Crippen molar-refractivity contribution in [3.63, 3.8) is 0 Å². The van der Waals surface area contributed by atoms with Crippen LogP contribution in [0.2, 0.25) is 0 Å². The molecule has 0 aromatic carbocycles. The van der Waals surface area contributed by atoms with Gasteiger partial charge in [-0.3, -0.25) is 4.79 Å². The van der Waals surface area contributed by atoms with Crippen LogP contribution in [-0.2, 0) is 4.79 Å². The maximum Gasteiger partial charge on any atom is 0.225 e. The van der Waals surface area contributed by atoms with Crippen molar-refractivity contribution >= 4 is 5.91 Å². The molecule has 15 heavy (non-hydrogen) atoms. The van der Waals surface area contributed by atoms with Gasteiger partial charge in [0.05, 0.1) is 6.07 Å². The van der Waals surface area contributed by atoms with Gasteiger partial charge in [-0.2, -0.15) is 5.26 Å². The van der Waals surface area contributed by atoms with Gasteiger partial charge in [0.2, 0.25) is 5.91 Å². The lowest BCUT2D eigenvalue weighted by atomic mass is 9.95. The number of nitriles is 1. The molecule has 3 heteroatoms. The summed E-state index contributed by atoms with van der Waals surface area (Å²) < 4.78 is 0. The molecule has 1 aliphatic heterocycles. The van der Waals surface area contributed by atoms with Gasteiger partial charge in [0.15, 0.2) is 0 Å². The smallest absolute Gasteiger partial charge is 0.225 e. The van der Waals surface area contributed by atoms with Crippen molar-refractivity contribution in [2.24, 2.45) is 11.8 Å². The summed E-state index contributed by atoms with van der Waals surface area (Å²) in [4.78, 5) is 13.9. The topological polar surface area (TPSA) is 44.1 Å². The Morgan fingerprint density at radius 2 is 1.93 bits per heavy atom. The lowest BCUT2D eigenvalue weighted by Crippen LogP contribution is -2.41. The van der Waals surface area contributed by atoms with Gasteiger partial charge in [0.1, 0.15) is 0 Å². The highest BCUT2D eigenvalue weighted by molar-refractivity contribution is 5.78. The van der Waals surface area contributed by atoms with E-state index in [1.807, 2.05) is 4.90 Å². The van der Waals surface area contributed by atoms with Crippen LogP contribution in [-0.4, -0.2) is 23.9 Å². The van der Waals surface area contributed by atoms with Gasteiger partial charge < -0.3 is 4.90 Å². The predicted octanol–water partition coefficient (Wildman–Crippen LogP) is 2.18. The van der Waals surface area contributed by atoms with Crippen molar-refractivity contribution in [3.05, 3.63) is 0 Å². The van der Waals surface area contributed by atoms with Crippen LogP contribution in [0.3, 0.4) is 0 Å². The molecule has 1 rings (SSSR count). The summed E-state index contributed by atoms with van der Waals surface area (Å²) in [5, 5.41) is 8.76. The summed E-state index contributed by atoms with van der Waals surface area (Å²) >= 11 is 0. The van der Waals surface area contributed by atoms with Crippen LogP contribution >= 0.6 is 0 Å². The van der Waals surface area contributed by atoms with Crippen molar-refractivity contribution < 1.29 is 4.79 Å². The molecule has 0 aliphatic carbocycles. The Morgan fingerprint density at radius 3 is 2.33 bits per heavy atom. The summed E-state index contributed by atoms with van der Waals surface area (Å²) in [6, 6.07) is 2.28. The van der Waals surface area contributed by atoms with Gasteiger partial charge in [0.25, 0.3) is 0 Å². The monoisotopic (exact) mass is 208 g/mol. The van der Waals surface area contributed by atoms with E-state index in [-0.39, 0.29) is 17.7 Å². The Bertz CT molecular complexity index is 245. The van der Waals surface area contributed by atoms with Crippen molar-refractivity contribution in [2.45, 2.75) is 39.5 Å². The maximum atomic E-state index is 12.0. The molecule has 0 saturated carbocycles. The summed E-state index contributed by atoms with van der Waals surface area (Å²) in [5.41, 5.74) is 0. The Labute approximate surface area is 92.1 Å². The van der Waals surface area contributed by atoms with E-state index >= 15 is 0 Å². The number of nitrogens with zero attached hydrogens (tertiary/aromatic N) is 2. The molecule has 0 spiro atoms. The first-order valence-electron chi connectivity index (χ1n) is 5.91. The predicted molar refractivity (Wildman–Crippen MR) is 59.0 cm³/mol. The normalized spacial score (nSPS) is 17.9. The molecule has 1 fully saturated rings. The first kappa shape index (κ1) is 12.0. The molecule has 1 saturated heterocycles. The van der Waals surface area contributed by atoms with E-state index in [0.29, 0.717) is 0 Å². The van der Waals surface area contributed by atoms with Gasteiger partial charge in [0, 0.05) is 24.9 Å². The molecular weight excluding hydrogens is 188 g/mol. The minimum absolute atomic E-state index is 0.163. The van der Waals surface area contributed by atoms with Gasteiger partial charge in [-0.25, -0.2) is 0 Å². The fourth-order valence-electron chi connectivity index (χ4n) is 2.13. The molecular formula is C12H20N2O. The van der Waals surface area contributed by atoms with Gasteiger partial charge in [-0.05, 0) is 25.7 Å². The molecule has 0 bridgehead atoms.